The van der Waals surface area contributed by atoms with Crippen LogP contribution in [0.15, 0.2) is 43.1 Å². The SMILES string of the molecule is c1cncc(-c2cn3nc(Nc4cnn(CCN5CCCCC5)c4)sc3n2)c1. The van der Waals surface area contributed by atoms with Crippen molar-refractivity contribution in [2.75, 3.05) is 25.0 Å². The largest absolute Gasteiger partial charge is 0.327 e. The van der Waals surface area contributed by atoms with Gasteiger partial charge in [-0.05, 0) is 38.1 Å². The van der Waals surface area contributed by atoms with Crippen LogP contribution in [0.2, 0.25) is 0 Å². The minimum absolute atomic E-state index is 0.802. The van der Waals surface area contributed by atoms with Crippen LogP contribution in [-0.2, 0) is 6.54 Å². The van der Waals surface area contributed by atoms with E-state index in [1.54, 1.807) is 10.7 Å². The zero-order valence-electron chi connectivity index (χ0n) is 15.5. The topological polar surface area (TPSA) is 76.2 Å². The normalized spacial score (nSPS) is 15.3. The lowest BCUT2D eigenvalue weighted by molar-refractivity contribution is 0.218. The summed E-state index contributed by atoms with van der Waals surface area (Å²) in [7, 11) is 0. The summed E-state index contributed by atoms with van der Waals surface area (Å²) in [6.45, 7) is 4.40. The summed E-state index contributed by atoms with van der Waals surface area (Å²) >= 11 is 1.52. The van der Waals surface area contributed by atoms with Crippen molar-refractivity contribution in [3.05, 3.63) is 43.1 Å². The quantitative estimate of drug-likeness (QED) is 0.541. The molecule has 0 aromatic carbocycles. The molecule has 1 fully saturated rings. The third-order valence-corrected chi connectivity index (χ3v) is 5.82. The first-order chi connectivity index (χ1) is 13.8. The summed E-state index contributed by atoms with van der Waals surface area (Å²) in [5.41, 5.74) is 2.82. The molecule has 4 aromatic heterocycles. The Hall–Kier alpha value is -2.78. The van der Waals surface area contributed by atoms with Crippen molar-refractivity contribution in [1.82, 2.24) is 34.3 Å². The van der Waals surface area contributed by atoms with Crippen molar-refractivity contribution in [1.29, 1.82) is 0 Å². The Kier molecular flexibility index (Phi) is 4.76. The predicted octanol–water partition coefficient (Wildman–Crippen LogP) is 3.28. The molecule has 5 heterocycles. The molecular weight excluding hydrogens is 372 g/mol. The second-order valence-electron chi connectivity index (χ2n) is 7.02. The molecule has 8 nitrogen and oxygen atoms in total. The number of nitrogens with zero attached hydrogens (tertiary/aromatic N) is 7. The minimum atomic E-state index is 0.802. The van der Waals surface area contributed by atoms with Crippen LogP contribution in [0.4, 0.5) is 10.8 Å². The Morgan fingerprint density at radius 1 is 1.07 bits per heavy atom. The molecule has 1 saturated heterocycles. The minimum Gasteiger partial charge on any atom is -0.327 e. The van der Waals surface area contributed by atoms with Crippen molar-refractivity contribution in [3.63, 3.8) is 0 Å². The van der Waals surface area contributed by atoms with Crippen LogP contribution >= 0.6 is 11.3 Å². The van der Waals surface area contributed by atoms with Crippen LogP contribution in [0, 0.1) is 0 Å². The molecule has 9 heteroatoms. The maximum atomic E-state index is 4.64. The summed E-state index contributed by atoms with van der Waals surface area (Å²) in [4.78, 5) is 12.2. The molecular formula is C19H22N8S. The Balaban J connectivity index is 1.23. The number of fused-ring (bicyclic) bond motifs is 1. The van der Waals surface area contributed by atoms with Crippen LogP contribution in [0.25, 0.3) is 16.2 Å². The van der Waals surface area contributed by atoms with E-state index in [0.29, 0.717) is 0 Å². The van der Waals surface area contributed by atoms with Gasteiger partial charge in [-0.25, -0.2) is 9.50 Å². The van der Waals surface area contributed by atoms with Crippen LogP contribution in [-0.4, -0.2) is 53.9 Å². The summed E-state index contributed by atoms with van der Waals surface area (Å²) in [5, 5.41) is 13.2. The molecule has 144 valence electrons. The molecule has 0 bridgehead atoms. The lowest BCUT2D eigenvalue weighted by atomic mass is 10.1. The van der Waals surface area contributed by atoms with Crippen molar-refractivity contribution >= 4 is 27.1 Å². The van der Waals surface area contributed by atoms with Gasteiger partial charge in [0.25, 0.3) is 0 Å². The zero-order chi connectivity index (χ0) is 18.8. The maximum Gasteiger partial charge on any atom is 0.214 e. The second-order valence-corrected chi connectivity index (χ2v) is 7.98. The highest BCUT2D eigenvalue weighted by Crippen LogP contribution is 2.26. The Morgan fingerprint density at radius 2 is 2.00 bits per heavy atom. The van der Waals surface area contributed by atoms with Crippen LogP contribution in [0.1, 0.15) is 19.3 Å². The first-order valence-corrected chi connectivity index (χ1v) is 10.4. The zero-order valence-corrected chi connectivity index (χ0v) is 16.3. The van der Waals surface area contributed by atoms with Gasteiger partial charge in [-0.2, -0.15) is 5.10 Å². The molecule has 0 spiro atoms. The standard InChI is InChI=1S/C19H22N8S/c1-2-7-25(8-3-1)9-10-26-13-16(12-21-26)22-18-24-27-14-17(23-19(27)28-18)15-5-4-6-20-11-15/h4-6,11-14H,1-3,7-10H2,(H,22,24). The van der Waals surface area contributed by atoms with Gasteiger partial charge in [0.1, 0.15) is 0 Å². The monoisotopic (exact) mass is 394 g/mol. The third kappa shape index (κ3) is 3.76. The van der Waals surface area contributed by atoms with Gasteiger partial charge in [-0.1, -0.05) is 17.8 Å². The number of rotatable bonds is 6. The predicted molar refractivity (Wildman–Crippen MR) is 110 cm³/mol. The summed E-state index contributed by atoms with van der Waals surface area (Å²) in [5.74, 6) is 0. The van der Waals surface area contributed by atoms with E-state index in [1.165, 1.54) is 43.7 Å². The van der Waals surface area contributed by atoms with Crippen LogP contribution < -0.4 is 5.32 Å². The molecule has 0 amide bonds. The number of pyridine rings is 1. The molecule has 0 saturated carbocycles. The highest BCUT2D eigenvalue weighted by molar-refractivity contribution is 7.20. The van der Waals surface area contributed by atoms with Gasteiger partial charge in [-0.3, -0.25) is 9.67 Å². The van der Waals surface area contributed by atoms with Crippen LogP contribution in [0.3, 0.4) is 0 Å². The average Bonchev–Trinajstić information content (AvgIpc) is 3.43. The van der Waals surface area contributed by atoms with E-state index >= 15 is 0 Å². The molecule has 1 N–H and O–H groups in total. The molecule has 0 aliphatic carbocycles. The van der Waals surface area contributed by atoms with Gasteiger partial charge in [0, 0.05) is 30.7 Å². The number of hydrogen-bond acceptors (Lipinski definition) is 7. The first-order valence-electron chi connectivity index (χ1n) is 9.62. The van der Waals surface area contributed by atoms with Gasteiger partial charge in [0.05, 0.1) is 30.3 Å². The fraction of sp³-hybridized carbons (Fsp3) is 0.368. The van der Waals surface area contributed by atoms with E-state index in [9.17, 15) is 0 Å². The molecule has 0 unspecified atom stereocenters. The number of anilines is 2. The summed E-state index contributed by atoms with van der Waals surface area (Å²) in [6.07, 6.45) is 13.4. The van der Waals surface area contributed by atoms with Gasteiger partial charge < -0.3 is 10.2 Å². The van der Waals surface area contributed by atoms with Gasteiger partial charge >= 0.3 is 0 Å². The van der Waals surface area contributed by atoms with Crippen molar-refractivity contribution < 1.29 is 0 Å². The van der Waals surface area contributed by atoms with E-state index < -0.39 is 0 Å². The molecule has 1 aliphatic rings. The van der Waals surface area contributed by atoms with E-state index in [0.717, 1.165) is 40.1 Å². The van der Waals surface area contributed by atoms with E-state index in [1.807, 2.05) is 41.6 Å². The molecule has 1 aliphatic heterocycles. The van der Waals surface area contributed by atoms with Crippen molar-refractivity contribution in [2.45, 2.75) is 25.8 Å². The number of hydrogen-bond donors (Lipinski definition) is 1. The Morgan fingerprint density at radius 3 is 2.82 bits per heavy atom. The smallest absolute Gasteiger partial charge is 0.214 e. The third-order valence-electron chi connectivity index (χ3n) is 4.98. The van der Waals surface area contributed by atoms with Crippen molar-refractivity contribution in [2.24, 2.45) is 0 Å². The molecule has 5 rings (SSSR count). The van der Waals surface area contributed by atoms with Gasteiger partial charge in [0.15, 0.2) is 0 Å². The van der Waals surface area contributed by atoms with Gasteiger partial charge in [0.2, 0.25) is 10.1 Å². The van der Waals surface area contributed by atoms with Gasteiger partial charge in [-0.15, -0.1) is 5.10 Å². The Bertz CT molecular complexity index is 1010. The average molecular weight is 395 g/mol. The number of likely N-dealkylation sites (tertiary alicyclic amines) is 1. The highest BCUT2D eigenvalue weighted by atomic mass is 32.1. The first kappa shape index (κ1) is 17.3. The fourth-order valence-electron chi connectivity index (χ4n) is 3.50. The maximum absolute atomic E-state index is 4.64. The summed E-state index contributed by atoms with van der Waals surface area (Å²) < 4.78 is 3.80. The molecule has 0 atom stereocenters. The lowest BCUT2D eigenvalue weighted by Crippen LogP contribution is -2.32. The number of imidazole rings is 1. The molecule has 4 aromatic rings. The lowest BCUT2D eigenvalue weighted by Gasteiger charge is -2.26. The number of nitrogens with one attached hydrogen (secondary N) is 1. The number of piperidine rings is 1. The van der Waals surface area contributed by atoms with Crippen LogP contribution in [0.5, 0.6) is 0 Å². The number of aromatic nitrogens is 6. The van der Waals surface area contributed by atoms with E-state index in [2.05, 4.69) is 30.4 Å². The summed E-state index contributed by atoms with van der Waals surface area (Å²) in [6, 6.07) is 3.91. The van der Waals surface area contributed by atoms with E-state index in [4.69, 9.17) is 0 Å². The van der Waals surface area contributed by atoms with E-state index in [-0.39, 0.29) is 0 Å². The second kappa shape index (κ2) is 7.69. The Labute approximate surface area is 166 Å². The molecule has 0 radical (unpaired) electrons. The fourth-order valence-corrected chi connectivity index (χ4v) is 4.31. The van der Waals surface area contributed by atoms with Crippen molar-refractivity contribution in [3.8, 4) is 11.3 Å². The molecule has 28 heavy (non-hydrogen) atoms. The highest BCUT2D eigenvalue weighted by Gasteiger charge is 2.12.